The number of nitrogens with zero attached hydrogens (tertiary/aromatic N) is 3. The van der Waals surface area contributed by atoms with Crippen LogP contribution in [0.3, 0.4) is 0 Å². The Morgan fingerprint density at radius 3 is 2.52 bits per heavy atom. The van der Waals surface area contributed by atoms with E-state index in [-0.39, 0.29) is 0 Å². The third-order valence-electron chi connectivity index (χ3n) is 3.84. The van der Waals surface area contributed by atoms with Gasteiger partial charge in [0.15, 0.2) is 11.0 Å². The Labute approximate surface area is 153 Å². The van der Waals surface area contributed by atoms with E-state index in [1.807, 2.05) is 0 Å². The van der Waals surface area contributed by atoms with Gasteiger partial charge in [-0.15, -0.1) is 21.5 Å². The number of benzene rings is 1. The van der Waals surface area contributed by atoms with E-state index in [1.54, 1.807) is 23.1 Å². The van der Waals surface area contributed by atoms with Crippen LogP contribution in [0, 0.1) is 13.8 Å². The van der Waals surface area contributed by atoms with Crippen molar-refractivity contribution in [2.45, 2.75) is 38.2 Å². The number of thiophene rings is 1. The van der Waals surface area contributed by atoms with E-state index < -0.39 is 0 Å². The summed E-state index contributed by atoms with van der Waals surface area (Å²) in [4.78, 5) is 1.34. The van der Waals surface area contributed by atoms with Crippen LogP contribution in [0.15, 0.2) is 39.3 Å². The summed E-state index contributed by atoms with van der Waals surface area (Å²) >= 11 is 6.98. The van der Waals surface area contributed by atoms with Crippen LogP contribution in [0.4, 0.5) is 0 Å². The van der Waals surface area contributed by atoms with Crippen molar-refractivity contribution in [1.29, 1.82) is 0 Å². The van der Waals surface area contributed by atoms with E-state index in [2.05, 4.69) is 81.1 Å². The van der Waals surface area contributed by atoms with Crippen LogP contribution in [-0.4, -0.2) is 14.8 Å². The molecule has 0 aliphatic heterocycles. The van der Waals surface area contributed by atoms with E-state index in [1.165, 1.54) is 21.6 Å². The van der Waals surface area contributed by atoms with Gasteiger partial charge in [-0.3, -0.25) is 0 Å². The largest absolute Gasteiger partial charge is 0.302 e. The summed E-state index contributed by atoms with van der Waals surface area (Å²) in [7, 11) is 0. The monoisotopic (exact) mass is 407 g/mol. The van der Waals surface area contributed by atoms with Crippen molar-refractivity contribution in [3.05, 3.63) is 50.1 Å². The molecule has 2 aromatic heterocycles. The molecule has 120 valence electrons. The van der Waals surface area contributed by atoms with Gasteiger partial charge in [0.25, 0.3) is 0 Å². The molecule has 0 atom stereocenters. The molecule has 3 rings (SSSR count). The molecule has 23 heavy (non-hydrogen) atoms. The van der Waals surface area contributed by atoms with E-state index in [4.69, 9.17) is 0 Å². The van der Waals surface area contributed by atoms with Crippen LogP contribution in [0.5, 0.6) is 0 Å². The lowest BCUT2D eigenvalue weighted by Gasteiger charge is -2.07. The molecule has 0 saturated carbocycles. The quantitative estimate of drug-likeness (QED) is 0.508. The van der Waals surface area contributed by atoms with Crippen LogP contribution in [-0.2, 0) is 12.3 Å². The molecular formula is C17H18BrN3S2. The van der Waals surface area contributed by atoms with E-state index in [0.29, 0.717) is 0 Å². The van der Waals surface area contributed by atoms with E-state index in [0.717, 1.165) is 27.8 Å². The smallest absolute Gasteiger partial charge is 0.191 e. The minimum atomic E-state index is 0.874. The molecule has 0 amide bonds. The first-order valence-electron chi connectivity index (χ1n) is 7.45. The molecular weight excluding hydrogens is 390 g/mol. The topological polar surface area (TPSA) is 30.7 Å². The van der Waals surface area contributed by atoms with Gasteiger partial charge in [0.1, 0.15) is 0 Å². The third kappa shape index (κ3) is 3.54. The summed E-state index contributed by atoms with van der Waals surface area (Å²) in [6.07, 6.45) is 0. The van der Waals surface area contributed by atoms with Crippen LogP contribution in [0.2, 0.25) is 0 Å². The fraction of sp³-hybridized carbons (Fsp3) is 0.294. The summed E-state index contributed by atoms with van der Waals surface area (Å²) in [6, 6.07) is 8.42. The highest BCUT2D eigenvalue weighted by Gasteiger charge is 2.16. The Morgan fingerprint density at radius 1 is 1.17 bits per heavy atom. The van der Waals surface area contributed by atoms with Crippen molar-refractivity contribution < 1.29 is 0 Å². The lowest BCUT2D eigenvalue weighted by atomic mass is 10.1. The number of rotatable bonds is 5. The number of hydrogen-bond acceptors (Lipinski definition) is 4. The minimum absolute atomic E-state index is 0.874. The minimum Gasteiger partial charge on any atom is -0.302 e. The maximum absolute atomic E-state index is 4.45. The maximum atomic E-state index is 4.45. The predicted octanol–water partition coefficient (Wildman–Crippen LogP) is 5.70. The summed E-state index contributed by atoms with van der Waals surface area (Å²) in [5.74, 6) is 1.88. The highest BCUT2D eigenvalue weighted by Crippen LogP contribution is 2.32. The van der Waals surface area contributed by atoms with E-state index in [9.17, 15) is 0 Å². The Morgan fingerprint density at radius 2 is 1.91 bits per heavy atom. The molecule has 0 fully saturated rings. The van der Waals surface area contributed by atoms with Crippen LogP contribution in [0.25, 0.3) is 11.4 Å². The first-order chi connectivity index (χ1) is 11.1. The van der Waals surface area contributed by atoms with Gasteiger partial charge in [-0.25, -0.2) is 0 Å². The average molecular weight is 408 g/mol. The predicted molar refractivity (Wildman–Crippen MR) is 102 cm³/mol. The van der Waals surface area contributed by atoms with Crippen molar-refractivity contribution in [3.63, 3.8) is 0 Å². The molecule has 0 saturated heterocycles. The third-order valence-corrected chi connectivity index (χ3v) is 6.42. The van der Waals surface area contributed by atoms with Gasteiger partial charge in [-0.05, 0) is 44.0 Å². The highest BCUT2D eigenvalue weighted by molar-refractivity contribution is 9.10. The molecule has 0 bridgehead atoms. The Hall–Kier alpha value is -1.11. The molecule has 1 aromatic carbocycles. The van der Waals surface area contributed by atoms with Gasteiger partial charge >= 0.3 is 0 Å². The summed E-state index contributed by atoms with van der Waals surface area (Å²) < 4.78 is 3.31. The fourth-order valence-electron chi connectivity index (χ4n) is 2.34. The fourth-order valence-corrected chi connectivity index (χ4v) is 4.43. The summed E-state index contributed by atoms with van der Waals surface area (Å²) in [6.45, 7) is 7.33. The zero-order valence-corrected chi connectivity index (χ0v) is 16.6. The van der Waals surface area contributed by atoms with Gasteiger partial charge in [0, 0.05) is 32.6 Å². The zero-order valence-electron chi connectivity index (χ0n) is 13.3. The average Bonchev–Trinajstić information content (AvgIpc) is 3.10. The van der Waals surface area contributed by atoms with Gasteiger partial charge in [0.05, 0.1) is 0 Å². The molecule has 0 aliphatic rings. The first-order valence-corrected chi connectivity index (χ1v) is 10.1. The Kier molecular flexibility index (Phi) is 5.24. The van der Waals surface area contributed by atoms with Crippen LogP contribution < -0.4 is 0 Å². The number of halogens is 1. The standard InChI is InChI=1S/C17H18BrN3S2/c1-4-21-16(15-10-22-12(3)11(15)2)19-20-17(21)23-9-13-5-7-14(18)8-6-13/h5-8,10H,4,9H2,1-3H3. The maximum Gasteiger partial charge on any atom is 0.191 e. The lowest BCUT2D eigenvalue weighted by Crippen LogP contribution is -2.00. The van der Waals surface area contributed by atoms with Gasteiger partial charge in [0.2, 0.25) is 0 Å². The van der Waals surface area contributed by atoms with Gasteiger partial charge in [-0.2, -0.15) is 0 Å². The molecule has 0 radical (unpaired) electrons. The van der Waals surface area contributed by atoms with Gasteiger partial charge < -0.3 is 4.57 Å². The molecule has 6 heteroatoms. The molecule has 0 N–H and O–H groups in total. The molecule has 0 aliphatic carbocycles. The number of thioether (sulfide) groups is 1. The highest BCUT2D eigenvalue weighted by atomic mass is 79.9. The van der Waals surface area contributed by atoms with Crippen molar-refractivity contribution in [3.8, 4) is 11.4 Å². The van der Waals surface area contributed by atoms with Crippen LogP contribution in [0.1, 0.15) is 22.9 Å². The van der Waals surface area contributed by atoms with Crippen LogP contribution >= 0.6 is 39.0 Å². The van der Waals surface area contributed by atoms with Crippen molar-refractivity contribution in [1.82, 2.24) is 14.8 Å². The van der Waals surface area contributed by atoms with Crippen molar-refractivity contribution in [2.24, 2.45) is 0 Å². The summed E-state index contributed by atoms with van der Waals surface area (Å²) in [5, 5.41) is 12.0. The van der Waals surface area contributed by atoms with Gasteiger partial charge in [-0.1, -0.05) is 39.8 Å². The second-order valence-electron chi connectivity index (χ2n) is 5.30. The molecule has 3 aromatic rings. The second kappa shape index (κ2) is 7.20. The number of aromatic nitrogens is 3. The summed E-state index contributed by atoms with van der Waals surface area (Å²) in [5.41, 5.74) is 3.80. The number of hydrogen-bond donors (Lipinski definition) is 0. The second-order valence-corrected chi connectivity index (χ2v) is 8.24. The molecule has 3 nitrogen and oxygen atoms in total. The zero-order chi connectivity index (χ0) is 16.4. The lowest BCUT2D eigenvalue weighted by molar-refractivity contribution is 0.687. The van der Waals surface area contributed by atoms with E-state index >= 15 is 0 Å². The number of aryl methyl sites for hydroxylation is 1. The normalized spacial score (nSPS) is 11.1. The Balaban J connectivity index is 1.83. The Bertz CT molecular complexity index is 806. The first kappa shape index (κ1) is 16.7. The molecule has 0 spiro atoms. The SMILES string of the molecule is CCn1c(SCc2ccc(Br)cc2)nnc1-c1csc(C)c1C. The van der Waals surface area contributed by atoms with Crippen molar-refractivity contribution in [2.75, 3.05) is 0 Å². The van der Waals surface area contributed by atoms with Crippen molar-refractivity contribution >= 4 is 39.0 Å². The molecule has 2 heterocycles. The molecule has 0 unspecified atom stereocenters.